The molecule has 0 atom stereocenters. The third-order valence-electron chi connectivity index (χ3n) is 21.3. The van der Waals surface area contributed by atoms with Crippen LogP contribution in [0.25, 0.3) is 0 Å². The van der Waals surface area contributed by atoms with Crippen LogP contribution in [0.3, 0.4) is 0 Å². The van der Waals surface area contributed by atoms with Crippen LogP contribution in [0.15, 0.2) is 146 Å². The molecule has 0 aromatic heterocycles. The van der Waals surface area contributed by atoms with E-state index in [1.165, 1.54) is 225 Å². The summed E-state index contributed by atoms with van der Waals surface area (Å²) in [7, 11) is 0. The van der Waals surface area contributed by atoms with Gasteiger partial charge in [-0.1, -0.05) is 195 Å². The lowest BCUT2D eigenvalue weighted by atomic mass is 9.80. The minimum Gasteiger partial charge on any atom is -0.493 e. The van der Waals surface area contributed by atoms with Crippen LogP contribution in [-0.2, 0) is 0 Å². The number of rotatable bonds is 30. The Balaban J connectivity index is 0.000000617. The van der Waals surface area contributed by atoms with Gasteiger partial charge in [-0.25, -0.2) is 0 Å². The first-order valence-electron chi connectivity index (χ1n) is 38.5. The summed E-state index contributed by atoms with van der Waals surface area (Å²) in [5, 5.41) is 0. The van der Waals surface area contributed by atoms with Gasteiger partial charge in [0.1, 0.15) is 28.7 Å². The molecule has 5 nitrogen and oxygen atoms in total. The van der Waals surface area contributed by atoms with Gasteiger partial charge in [0.15, 0.2) is 0 Å². The molecule has 15 heteroatoms. The van der Waals surface area contributed by atoms with E-state index in [0.717, 1.165) is 145 Å². The average Bonchev–Trinajstić information content (AvgIpc) is 1.06. The standard InChI is InChI=1S/5C17H26OS.5FH/c5*1-2-3-4-14-5-7-15(8-6-14)13-18-16-9-11-17(19)12-10-16;;;;;/h5*9-12,14-15,19H,2-8,13H2,1H3;5*1H. The molecule has 0 radical (unpaired) electrons. The SMILES string of the molecule is CCCCC1CCC(COc2ccc(S)cc2)CC1.CCCCC1CCC(COc2ccc(S)cc2)CC1.CCCCC1CCC(COc2ccc(S)cc2)CC1.CCCCC1CCC(COc2ccc(S)cc2)CC1.CCCCC1CCC(COc2ccc(S)cc2)CC1.F.F.F.F.F. The van der Waals surface area contributed by atoms with Crippen LogP contribution in [0.2, 0.25) is 0 Å². The number of unbranched alkanes of at least 4 members (excludes halogenated alkanes) is 5. The van der Waals surface area contributed by atoms with Gasteiger partial charge < -0.3 is 23.7 Å². The van der Waals surface area contributed by atoms with Gasteiger partial charge in [0.05, 0.1) is 33.0 Å². The molecule has 5 aromatic carbocycles. The highest BCUT2D eigenvalue weighted by Crippen LogP contribution is 2.37. The minimum absolute atomic E-state index is 0. The van der Waals surface area contributed by atoms with Crippen molar-refractivity contribution >= 4 is 63.1 Å². The van der Waals surface area contributed by atoms with Crippen molar-refractivity contribution in [2.24, 2.45) is 59.2 Å². The van der Waals surface area contributed by atoms with Crippen molar-refractivity contribution in [3.05, 3.63) is 121 Å². The smallest absolute Gasteiger partial charge is 0.119 e. The zero-order chi connectivity index (χ0) is 67.5. The molecule has 0 N–H and O–H groups in total. The fraction of sp³-hybridized carbons (Fsp3) is 0.647. The molecule has 0 unspecified atom stereocenters. The lowest BCUT2D eigenvalue weighted by Crippen LogP contribution is -2.20. The normalized spacial score (nSPS) is 22.1. The lowest BCUT2D eigenvalue weighted by molar-refractivity contribution is 0.178. The Morgan fingerprint density at radius 2 is 0.330 bits per heavy atom. The molecule has 5 aliphatic rings. The Labute approximate surface area is 632 Å². The van der Waals surface area contributed by atoms with Crippen molar-refractivity contribution in [3.8, 4) is 28.7 Å². The van der Waals surface area contributed by atoms with E-state index < -0.39 is 0 Å². The van der Waals surface area contributed by atoms with E-state index in [1.54, 1.807) is 0 Å². The fourth-order valence-corrected chi connectivity index (χ4v) is 15.4. The highest BCUT2D eigenvalue weighted by molar-refractivity contribution is 7.81. The molecular formula is C85H135F5O5S5. The van der Waals surface area contributed by atoms with Crippen molar-refractivity contribution in [2.45, 2.75) is 284 Å². The molecule has 570 valence electrons. The summed E-state index contributed by atoms with van der Waals surface area (Å²) >= 11 is 21.4. The van der Waals surface area contributed by atoms with Crippen molar-refractivity contribution in [3.63, 3.8) is 0 Å². The van der Waals surface area contributed by atoms with Crippen LogP contribution in [0, 0.1) is 59.2 Å². The predicted octanol–water partition coefficient (Wildman–Crippen LogP) is 27.5. The first kappa shape index (κ1) is 94.5. The molecule has 5 aliphatic carbocycles. The van der Waals surface area contributed by atoms with E-state index in [1.807, 2.05) is 121 Å². The van der Waals surface area contributed by atoms with Crippen LogP contribution in [0.4, 0.5) is 23.5 Å². The third-order valence-corrected chi connectivity index (χ3v) is 22.8. The second-order valence-electron chi connectivity index (χ2n) is 29.2. The minimum atomic E-state index is 0. The van der Waals surface area contributed by atoms with Gasteiger partial charge >= 0.3 is 0 Å². The second kappa shape index (κ2) is 57.8. The highest BCUT2D eigenvalue weighted by atomic mass is 32.1. The molecule has 0 heterocycles. The van der Waals surface area contributed by atoms with E-state index in [-0.39, 0.29) is 23.5 Å². The van der Waals surface area contributed by atoms with Crippen molar-refractivity contribution in [1.29, 1.82) is 0 Å². The maximum atomic E-state index is 5.88. The third kappa shape index (κ3) is 41.3. The molecule has 0 bridgehead atoms. The topological polar surface area (TPSA) is 46.2 Å². The maximum Gasteiger partial charge on any atom is 0.119 e. The summed E-state index contributed by atoms with van der Waals surface area (Å²) in [4.78, 5) is 4.95. The van der Waals surface area contributed by atoms with Crippen LogP contribution in [0.1, 0.15) is 259 Å². The van der Waals surface area contributed by atoms with E-state index in [9.17, 15) is 0 Å². The summed E-state index contributed by atoms with van der Waals surface area (Å²) in [6, 6.07) is 40.0. The number of thiol groups is 5. The van der Waals surface area contributed by atoms with Crippen LogP contribution < -0.4 is 23.7 Å². The van der Waals surface area contributed by atoms with Gasteiger partial charge in [0.2, 0.25) is 0 Å². The molecule has 0 saturated heterocycles. The van der Waals surface area contributed by atoms with Crippen molar-refractivity contribution < 1.29 is 47.2 Å². The molecule has 10 rings (SSSR count). The van der Waals surface area contributed by atoms with Crippen LogP contribution in [0.5, 0.6) is 28.7 Å². The number of ether oxygens (including phenoxy) is 5. The van der Waals surface area contributed by atoms with Gasteiger partial charge in [0, 0.05) is 24.5 Å². The summed E-state index contributed by atoms with van der Waals surface area (Å²) in [5.41, 5.74) is 0. The maximum absolute atomic E-state index is 5.88. The quantitative estimate of drug-likeness (QED) is 0.0234. The van der Waals surface area contributed by atoms with Gasteiger partial charge in [-0.05, 0) is 245 Å². The Bertz CT molecular complexity index is 2220. The Kier molecular flexibility index (Phi) is 54.6. The number of hydrogen-bond donors (Lipinski definition) is 5. The van der Waals surface area contributed by atoms with E-state index >= 15 is 0 Å². The van der Waals surface area contributed by atoms with Gasteiger partial charge in [-0.2, -0.15) is 0 Å². The second-order valence-corrected chi connectivity index (χ2v) is 31.8. The summed E-state index contributed by atoms with van der Waals surface area (Å²) in [6.45, 7) is 15.8. The van der Waals surface area contributed by atoms with Gasteiger partial charge in [0.25, 0.3) is 0 Å². The number of halogens is 5. The Morgan fingerprint density at radius 3 is 0.450 bits per heavy atom. The Hall–Kier alpha value is -3.50. The molecule has 0 aliphatic heterocycles. The average molecular weight is 1490 g/mol. The van der Waals surface area contributed by atoms with Crippen LogP contribution in [-0.4, -0.2) is 33.0 Å². The molecule has 100 heavy (non-hydrogen) atoms. The van der Waals surface area contributed by atoms with E-state index in [0.29, 0.717) is 0 Å². The highest BCUT2D eigenvalue weighted by Gasteiger charge is 2.26. The molecule has 0 amide bonds. The number of hydrogen-bond acceptors (Lipinski definition) is 10. The first-order chi connectivity index (χ1) is 46.4. The molecule has 5 fully saturated rings. The molecule has 5 aromatic rings. The molecular weight excluding hydrogens is 1360 g/mol. The monoisotopic (exact) mass is 1490 g/mol. The zero-order valence-electron chi connectivity index (χ0n) is 61.9. The lowest BCUT2D eigenvalue weighted by Gasteiger charge is -2.28. The van der Waals surface area contributed by atoms with Crippen molar-refractivity contribution in [2.75, 3.05) is 33.0 Å². The number of benzene rings is 5. The summed E-state index contributed by atoms with van der Waals surface area (Å²) in [6.07, 6.45) is 48.4. The fourth-order valence-electron chi connectivity index (χ4n) is 14.7. The zero-order valence-corrected chi connectivity index (χ0v) is 66.4. The molecule has 5 saturated carbocycles. The van der Waals surface area contributed by atoms with E-state index in [4.69, 9.17) is 23.7 Å². The van der Waals surface area contributed by atoms with Gasteiger partial charge in [-0.3, -0.25) is 23.5 Å². The van der Waals surface area contributed by atoms with E-state index in [2.05, 4.69) is 97.8 Å². The summed E-state index contributed by atoms with van der Waals surface area (Å²) < 4.78 is 29.4. The largest absolute Gasteiger partial charge is 0.493 e. The predicted molar refractivity (Wildman–Crippen MR) is 433 cm³/mol. The van der Waals surface area contributed by atoms with Crippen molar-refractivity contribution in [1.82, 2.24) is 0 Å². The first-order valence-corrected chi connectivity index (χ1v) is 40.7. The summed E-state index contributed by atoms with van der Waals surface area (Å²) in [5.74, 6) is 13.6. The van der Waals surface area contributed by atoms with Crippen LogP contribution >= 0.6 is 63.1 Å². The van der Waals surface area contributed by atoms with Gasteiger partial charge in [-0.15, -0.1) is 63.1 Å². The molecule has 0 spiro atoms. The Morgan fingerprint density at radius 1 is 0.210 bits per heavy atom.